The van der Waals surface area contributed by atoms with Crippen molar-refractivity contribution >= 4 is 28.1 Å². The lowest BCUT2D eigenvalue weighted by atomic mass is 9.90. The molecule has 136 valence electrons. The van der Waals surface area contributed by atoms with Crippen LogP contribution in [0.4, 0.5) is 10.1 Å². The molecular formula is C17H20ClFN2O3S. The predicted molar refractivity (Wildman–Crippen MR) is 96.9 cm³/mol. The smallest absolute Gasteiger partial charge is 0.241 e. The van der Waals surface area contributed by atoms with Gasteiger partial charge in [-0.3, -0.25) is 0 Å². The average Bonchev–Trinajstić information content (AvgIpc) is 2.47. The highest BCUT2D eigenvalue weighted by molar-refractivity contribution is 7.89. The summed E-state index contributed by atoms with van der Waals surface area (Å²) < 4.78 is 46.8. The highest BCUT2D eigenvalue weighted by atomic mass is 35.5. The summed E-state index contributed by atoms with van der Waals surface area (Å²) >= 11 is 0. The van der Waals surface area contributed by atoms with Gasteiger partial charge in [-0.1, -0.05) is 0 Å². The number of hydrogen-bond acceptors (Lipinski definition) is 4. The molecule has 1 aliphatic rings. The Labute approximate surface area is 152 Å². The molecule has 2 aromatic rings. The lowest BCUT2D eigenvalue weighted by Gasteiger charge is -2.37. The number of halogens is 2. The van der Waals surface area contributed by atoms with Crippen LogP contribution in [0.5, 0.6) is 5.75 Å². The van der Waals surface area contributed by atoms with E-state index in [2.05, 4.69) is 4.72 Å². The van der Waals surface area contributed by atoms with E-state index >= 15 is 0 Å². The maximum Gasteiger partial charge on any atom is 0.241 e. The largest absolute Gasteiger partial charge is 0.487 e. The minimum Gasteiger partial charge on any atom is -0.487 e. The fourth-order valence-corrected chi connectivity index (χ4v) is 4.06. The van der Waals surface area contributed by atoms with Crippen molar-refractivity contribution in [3.05, 3.63) is 53.8 Å². The zero-order chi connectivity index (χ0) is 17.5. The first-order chi connectivity index (χ1) is 11.2. The van der Waals surface area contributed by atoms with Gasteiger partial charge in [-0.25, -0.2) is 17.5 Å². The van der Waals surface area contributed by atoms with E-state index in [-0.39, 0.29) is 17.3 Å². The second kappa shape index (κ2) is 6.82. The number of sulfonamides is 1. The third-order valence-electron chi connectivity index (χ3n) is 3.91. The minimum absolute atomic E-state index is 0. The number of ether oxygens (including phenoxy) is 1. The van der Waals surface area contributed by atoms with Gasteiger partial charge in [0.15, 0.2) is 0 Å². The van der Waals surface area contributed by atoms with Gasteiger partial charge >= 0.3 is 0 Å². The molecule has 0 amide bonds. The first kappa shape index (κ1) is 19.5. The number of anilines is 1. The molecule has 0 aliphatic carbocycles. The summed E-state index contributed by atoms with van der Waals surface area (Å²) in [6, 6.07) is 9.40. The zero-order valence-electron chi connectivity index (χ0n) is 13.8. The normalized spacial score (nSPS) is 18.6. The standard InChI is InChI=1S/C17H19FN2O3S.ClH/c1-17(2)10-15(14-9-12(19)5-8-16(14)23-17)20-24(21,22)13-6-3-11(18)4-7-13;/h3-9,15,20H,10,19H2,1-2H3;1H. The summed E-state index contributed by atoms with van der Waals surface area (Å²) in [6.45, 7) is 3.79. The fourth-order valence-electron chi connectivity index (χ4n) is 2.85. The van der Waals surface area contributed by atoms with Crippen LogP contribution in [-0.2, 0) is 10.0 Å². The van der Waals surface area contributed by atoms with Crippen LogP contribution in [0.25, 0.3) is 0 Å². The van der Waals surface area contributed by atoms with Crippen LogP contribution < -0.4 is 15.2 Å². The van der Waals surface area contributed by atoms with Crippen LogP contribution >= 0.6 is 12.4 Å². The highest BCUT2D eigenvalue weighted by Crippen LogP contribution is 2.40. The van der Waals surface area contributed by atoms with Crippen molar-refractivity contribution in [1.82, 2.24) is 4.72 Å². The van der Waals surface area contributed by atoms with E-state index in [9.17, 15) is 12.8 Å². The molecular weight excluding hydrogens is 367 g/mol. The van der Waals surface area contributed by atoms with Gasteiger partial charge in [-0.2, -0.15) is 0 Å². The van der Waals surface area contributed by atoms with Gasteiger partial charge in [0.05, 0.1) is 10.9 Å². The number of nitrogens with two attached hydrogens (primary N) is 1. The quantitative estimate of drug-likeness (QED) is 0.792. The maximum atomic E-state index is 13.0. The number of nitrogens with one attached hydrogen (secondary N) is 1. The van der Waals surface area contributed by atoms with Crippen molar-refractivity contribution in [1.29, 1.82) is 0 Å². The van der Waals surface area contributed by atoms with E-state index in [1.165, 1.54) is 12.1 Å². The molecule has 0 saturated carbocycles. The summed E-state index contributed by atoms with van der Waals surface area (Å²) in [4.78, 5) is 0.0126. The third-order valence-corrected chi connectivity index (χ3v) is 5.40. The summed E-state index contributed by atoms with van der Waals surface area (Å²) in [5, 5.41) is 0. The van der Waals surface area contributed by atoms with Crippen LogP contribution in [0.3, 0.4) is 0 Å². The van der Waals surface area contributed by atoms with Crippen LogP contribution in [-0.4, -0.2) is 14.0 Å². The molecule has 0 bridgehead atoms. The Balaban J connectivity index is 0.00000225. The average molecular weight is 387 g/mol. The molecule has 1 aliphatic heterocycles. The number of fused-ring (bicyclic) bond motifs is 1. The van der Waals surface area contributed by atoms with E-state index < -0.39 is 27.5 Å². The molecule has 0 aromatic heterocycles. The Bertz CT molecular complexity index is 870. The van der Waals surface area contributed by atoms with E-state index in [1.54, 1.807) is 18.2 Å². The Morgan fingerprint density at radius 2 is 1.84 bits per heavy atom. The molecule has 5 nitrogen and oxygen atoms in total. The lowest BCUT2D eigenvalue weighted by molar-refractivity contribution is 0.0702. The molecule has 0 spiro atoms. The summed E-state index contributed by atoms with van der Waals surface area (Å²) in [5.74, 6) is 0.117. The lowest BCUT2D eigenvalue weighted by Crippen LogP contribution is -2.41. The van der Waals surface area contributed by atoms with E-state index in [0.717, 1.165) is 12.1 Å². The zero-order valence-corrected chi connectivity index (χ0v) is 15.5. The topological polar surface area (TPSA) is 81.4 Å². The molecule has 1 atom stereocenters. The van der Waals surface area contributed by atoms with Crippen LogP contribution in [0.15, 0.2) is 47.4 Å². The van der Waals surface area contributed by atoms with Gasteiger partial charge in [0.2, 0.25) is 10.0 Å². The Morgan fingerprint density at radius 1 is 1.20 bits per heavy atom. The second-order valence-corrected chi connectivity index (χ2v) is 8.20. The van der Waals surface area contributed by atoms with Crippen molar-refractivity contribution in [3.8, 4) is 5.75 Å². The summed E-state index contributed by atoms with van der Waals surface area (Å²) in [5.41, 5.74) is 6.53. The summed E-state index contributed by atoms with van der Waals surface area (Å²) in [7, 11) is -3.80. The molecule has 0 saturated heterocycles. The third kappa shape index (κ3) is 4.23. The monoisotopic (exact) mass is 386 g/mol. The van der Waals surface area contributed by atoms with Crippen LogP contribution in [0.1, 0.15) is 31.9 Å². The number of hydrogen-bond donors (Lipinski definition) is 2. The molecule has 0 fully saturated rings. The fraction of sp³-hybridized carbons (Fsp3) is 0.294. The number of rotatable bonds is 3. The van der Waals surface area contributed by atoms with Gasteiger partial charge in [-0.05, 0) is 56.3 Å². The predicted octanol–water partition coefficient (Wildman–Crippen LogP) is 3.41. The SMILES string of the molecule is CC1(C)CC(NS(=O)(=O)c2ccc(F)cc2)c2cc(N)ccc2O1.Cl. The molecule has 8 heteroatoms. The van der Waals surface area contributed by atoms with Crippen molar-refractivity contribution in [2.45, 2.75) is 36.8 Å². The second-order valence-electron chi connectivity index (χ2n) is 6.49. The molecule has 3 N–H and O–H groups in total. The minimum atomic E-state index is -3.80. The Hall–Kier alpha value is -1.83. The van der Waals surface area contributed by atoms with E-state index in [4.69, 9.17) is 10.5 Å². The van der Waals surface area contributed by atoms with Crippen LogP contribution in [0.2, 0.25) is 0 Å². The first-order valence-electron chi connectivity index (χ1n) is 7.53. The van der Waals surface area contributed by atoms with Gasteiger partial charge in [-0.15, -0.1) is 12.4 Å². The molecule has 2 aromatic carbocycles. The number of benzene rings is 2. The highest BCUT2D eigenvalue weighted by Gasteiger charge is 2.36. The van der Waals surface area contributed by atoms with Gasteiger partial charge in [0, 0.05) is 17.7 Å². The number of nitrogen functional groups attached to an aromatic ring is 1. The molecule has 1 heterocycles. The van der Waals surface area contributed by atoms with Gasteiger partial charge in [0.25, 0.3) is 0 Å². The van der Waals surface area contributed by atoms with Crippen molar-refractivity contribution < 1.29 is 17.5 Å². The van der Waals surface area contributed by atoms with E-state index in [0.29, 0.717) is 23.4 Å². The van der Waals surface area contributed by atoms with Crippen LogP contribution in [0, 0.1) is 5.82 Å². The van der Waals surface area contributed by atoms with Crippen molar-refractivity contribution in [3.63, 3.8) is 0 Å². The maximum absolute atomic E-state index is 13.0. The van der Waals surface area contributed by atoms with Gasteiger partial charge < -0.3 is 10.5 Å². The molecule has 3 rings (SSSR count). The van der Waals surface area contributed by atoms with Gasteiger partial charge in [0.1, 0.15) is 17.2 Å². The summed E-state index contributed by atoms with van der Waals surface area (Å²) in [6.07, 6.45) is 0.448. The Kier molecular flexibility index (Phi) is 5.32. The van der Waals surface area contributed by atoms with Crippen molar-refractivity contribution in [2.24, 2.45) is 0 Å². The first-order valence-corrected chi connectivity index (χ1v) is 9.01. The van der Waals surface area contributed by atoms with Crippen molar-refractivity contribution in [2.75, 3.05) is 5.73 Å². The molecule has 0 radical (unpaired) electrons. The molecule has 1 unspecified atom stereocenters. The Morgan fingerprint density at radius 3 is 2.48 bits per heavy atom. The van der Waals surface area contributed by atoms with E-state index in [1.807, 2.05) is 13.8 Å². The molecule has 25 heavy (non-hydrogen) atoms.